The molecule has 3 aromatic rings. The fraction of sp³-hybridized carbons (Fsp3) is 0.0870. The van der Waals surface area contributed by atoms with Crippen LogP contribution in [0.15, 0.2) is 71.8 Å². The summed E-state index contributed by atoms with van der Waals surface area (Å²) in [6.07, 6.45) is 1.42. The van der Waals surface area contributed by atoms with E-state index in [9.17, 15) is 19.8 Å². The molecule has 0 aliphatic heterocycles. The highest BCUT2D eigenvalue weighted by atomic mass is 16.5. The number of phenols is 2. The number of hydrogen-bond acceptors (Lipinski definition) is 7. The summed E-state index contributed by atoms with van der Waals surface area (Å²) in [6, 6.07) is 17.6. The molecule has 0 heterocycles. The third-order valence-corrected chi connectivity index (χ3v) is 4.28. The Bertz CT molecular complexity index is 1110. The molecule has 8 heteroatoms. The number of amides is 1. The lowest BCUT2D eigenvalue weighted by atomic mass is 10.1. The van der Waals surface area contributed by atoms with Crippen LogP contribution in [0.5, 0.6) is 17.2 Å². The summed E-state index contributed by atoms with van der Waals surface area (Å²) < 4.78 is 10.5. The topological polar surface area (TPSA) is 117 Å². The second-order valence-electron chi connectivity index (χ2n) is 6.42. The lowest BCUT2D eigenvalue weighted by Gasteiger charge is -2.09. The molecule has 158 valence electrons. The standard InChI is InChI=1S/C23H20N2O6/c1-30-23(29)16-8-6-15(7-9-16)14-31-21-5-3-2-4-17(21)13-24-25-22(28)19-11-10-18(26)12-20(19)27/h2-13,26-27H,14H2,1H3,(H,25,28)/b24-13-. The predicted molar refractivity (Wildman–Crippen MR) is 113 cm³/mol. The van der Waals surface area contributed by atoms with Crippen LogP contribution in [-0.2, 0) is 11.3 Å². The molecule has 0 radical (unpaired) electrons. The lowest BCUT2D eigenvalue weighted by Crippen LogP contribution is -2.17. The van der Waals surface area contributed by atoms with Crippen molar-refractivity contribution in [3.8, 4) is 17.2 Å². The van der Waals surface area contributed by atoms with E-state index in [0.717, 1.165) is 11.6 Å². The minimum Gasteiger partial charge on any atom is -0.508 e. The van der Waals surface area contributed by atoms with E-state index in [1.54, 1.807) is 48.5 Å². The molecule has 0 spiro atoms. The van der Waals surface area contributed by atoms with Crippen LogP contribution in [0.25, 0.3) is 0 Å². The predicted octanol–water partition coefficient (Wildman–Crippen LogP) is 3.23. The first-order valence-electron chi connectivity index (χ1n) is 9.22. The van der Waals surface area contributed by atoms with Crippen LogP contribution in [0.3, 0.4) is 0 Å². The molecule has 0 aromatic heterocycles. The summed E-state index contributed by atoms with van der Waals surface area (Å²) in [5.41, 5.74) is 4.24. The normalized spacial score (nSPS) is 10.6. The molecule has 3 rings (SSSR count). The van der Waals surface area contributed by atoms with Crippen molar-refractivity contribution in [2.75, 3.05) is 7.11 Å². The Morgan fingerprint density at radius 2 is 1.77 bits per heavy atom. The van der Waals surface area contributed by atoms with E-state index in [-0.39, 0.29) is 23.7 Å². The fourth-order valence-electron chi connectivity index (χ4n) is 2.67. The monoisotopic (exact) mass is 420 g/mol. The molecule has 0 saturated carbocycles. The van der Waals surface area contributed by atoms with E-state index in [2.05, 4.69) is 15.3 Å². The van der Waals surface area contributed by atoms with Crippen LogP contribution in [0.2, 0.25) is 0 Å². The molecule has 0 fully saturated rings. The van der Waals surface area contributed by atoms with Crippen LogP contribution in [-0.4, -0.2) is 35.4 Å². The van der Waals surface area contributed by atoms with E-state index in [1.807, 2.05) is 0 Å². The Kier molecular flexibility index (Phi) is 6.85. The van der Waals surface area contributed by atoms with Crippen molar-refractivity contribution < 1.29 is 29.3 Å². The number of hydrazone groups is 1. The number of methoxy groups -OCH3 is 1. The molecule has 31 heavy (non-hydrogen) atoms. The number of ether oxygens (including phenoxy) is 2. The van der Waals surface area contributed by atoms with Gasteiger partial charge in [-0.1, -0.05) is 24.3 Å². The first-order chi connectivity index (χ1) is 15.0. The first kappa shape index (κ1) is 21.4. The van der Waals surface area contributed by atoms with Crippen LogP contribution in [0, 0.1) is 0 Å². The Morgan fingerprint density at radius 3 is 2.48 bits per heavy atom. The average molecular weight is 420 g/mol. The summed E-state index contributed by atoms with van der Waals surface area (Å²) in [5, 5.41) is 23.0. The summed E-state index contributed by atoms with van der Waals surface area (Å²) in [7, 11) is 1.33. The molecule has 0 aliphatic carbocycles. The number of aromatic hydroxyl groups is 2. The van der Waals surface area contributed by atoms with Gasteiger partial charge in [-0.2, -0.15) is 5.10 Å². The van der Waals surface area contributed by atoms with E-state index >= 15 is 0 Å². The molecule has 0 saturated heterocycles. The molecule has 1 amide bonds. The van der Waals surface area contributed by atoms with Crippen molar-refractivity contribution in [2.45, 2.75) is 6.61 Å². The summed E-state index contributed by atoms with van der Waals surface area (Å²) in [4.78, 5) is 23.6. The smallest absolute Gasteiger partial charge is 0.337 e. The molecule has 0 bridgehead atoms. The van der Waals surface area contributed by atoms with Gasteiger partial charge in [0.1, 0.15) is 23.9 Å². The van der Waals surface area contributed by atoms with Crippen molar-refractivity contribution in [2.24, 2.45) is 5.10 Å². The van der Waals surface area contributed by atoms with Gasteiger partial charge in [0.2, 0.25) is 0 Å². The first-order valence-corrected chi connectivity index (χ1v) is 9.22. The van der Waals surface area contributed by atoms with E-state index < -0.39 is 11.9 Å². The zero-order valence-corrected chi connectivity index (χ0v) is 16.6. The molecular weight excluding hydrogens is 400 g/mol. The number of hydrogen-bond donors (Lipinski definition) is 3. The van der Waals surface area contributed by atoms with Gasteiger partial charge >= 0.3 is 5.97 Å². The third kappa shape index (κ3) is 5.60. The molecule has 3 N–H and O–H groups in total. The maximum atomic E-state index is 12.1. The quantitative estimate of drug-likeness (QED) is 0.307. The van der Waals surface area contributed by atoms with Gasteiger partial charge in [-0.3, -0.25) is 4.79 Å². The van der Waals surface area contributed by atoms with Crippen LogP contribution < -0.4 is 10.2 Å². The van der Waals surface area contributed by atoms with Crippen molar-refractivity contribution in [1.82, 2.24) is 5.43 Å². The number of rotatable bonds is 7. The summed E-state index contributed by atoms with van der Waals surface area (Å²) in [5.74, 6) is -0.988. The minimum absolute atomic E-state index is 0.0186. The van der Waals surface area contributed by atoms with E-state index in [1.165, 1.54) is 25.5 Å². The Balaban J connectivity index is 1.63. The van der Waals surface area contributed by atoms with Gasteiger partial charge in [-0.25, -0.2) is 10.2 Å². The minimum atomic E-state index is -0.627. The SMILES string of the molecule is COC(=O)c1ccc(COc2ccccc2/C=N\NC(=O)c2ccc(O)cc2O)cc1. The van der Waals surface area contributed by atoms with Crippen molar-refractivity contribution in [3.63, 3.8) is 0 Å². The molecule has 0 aliphatic rings. The Labute approximate surface area is 178 Å². The summed E-state index contributed by atoms with van der Waals surface area (Å²) in [6.45, 7) is 0.264. The maximum absolute atomic E-state index is 12.1. The largest absolute Gasteiger partial charge is 0.508 e. The van der Waals surface area contributed by atoms with Crippen LogP contribution >= 0.6 is 0 Å². The average Bonchev–Trinajstić information content (AvgIpc) is 2.78. The van der Waals surface area contributed by atoms with Gasteiger partial charge in [-0.05, 0) is 42.0 Å². The van der Waals surface area contributed by atoms with Crippen molar-refractivity contribution >= 4 is 18.1 Å². The molecule has 0 unspecified atom stereocenters. The van der Waals surface area contributed by atoms with Crippen molar-refractivity contribution in [3.05, 3.63) is 89.0 Å². The highest BCUT2D eigenvalue weighted by Gasteiger charge is 2.11. The fourth-order valence-corrected chi connectivity index (χ4v) is 2.67. The number of carbonyl (C=O) groups is 2. The van der Waals surface area contributed by atoms with Gasteiger partial charge < -0.3 is 19.7 Å². The molecule has 3 aromatic carbocycles. The third-order valence-electron chi connectivity index (χ3n) is 4.28. The maximum Gasteiger partial charge on any atom is 0.337 e. The van der Waals surface area contributed by atoms with Gasteiger partial charge in [-0.15, -0.1) is 0 Å². The highest BCUT2D eigenvalue weighted by molar-refractivity contribution is 5.97. The van der Waals surface area contributed by atoms with Gasteiger partial charge in [0.25, 0.3) is 5.91 Å². The molecule has 8 nitrogen and oxygen atoms in total. The molecule has 0 atom stereocenters. The number of phenolic OH excluding ortho intramolecular Hbond substituents is 2. The van der Waals surface area contributed by atoms with Gasteiger partial charge in [0.15, 0.2) is 0 Å². The lowest BCUT2D eigenvalue weighted by molar-refractivity contribution is 0.0600. The van der Waals surface area contributed by atoms with Gasteiger partial charge in [0.05, 0.1) is 24.5 Å². The van der Waals surface area contributed by atoms with E-state index in [4.69, 9.17) is 4.74 Å². The number of para-hydroxylation sites is 1. The van der Waals surface area contributed by atoms with Crippen LogP contribution in [0.4, 0.5) is 0 Å². The number of benzene rings is 3. The van der Waals surface area contributed by atoms with Crippen molar-refractivity contribution in [1.29, 1.82) is 0 Å². The number of carbonyl (C=O) groups excluding carboxylic acids is 2. The zero-order chi connectivity index (χ0) is 22.2. The second kappa shape index (κ2) is 9.93. The van der Waals surface area contributed by atoms with Crippen LogP contribution in [0.1, 0.15) is 31.8 Å². The number of nitrogens with one attached hydrogen (secondary N) is 1. The van der Waals surface area contributed by atoms with E-state index in [0.29, 0.717) is 16.9 Å². The number of nitrogens with zero attached hydrogens (tertiary/aromatic N) is 1. The zero-order valence-electron chi connectivity index (χ0n) is 16.6. The Hall–Kier alpha value is -4.33. The number of esters is 1. The second-order valence-corrected chi connectivity index (χ2v) is 6.42. The highest BCUT2D eigenvalue weighted by Crippen LogP contribution is 2.22. The Morgan fingerprint density at radius 1 is 1.03 bits per heavy atom. The summed E-state index contributed by atoms with van der Waals surface area (Å²) >= 11 is 0. The molecular formula is C23H20N2O6. The van der Waals surface area contributed by atoms with Gasteiger partial charge in [0, 0.05) is 11.6 Å².